The molecular formula is C25H33N7O8. The van der Waals surface area contributed by atoms with Crippen molar-refractivity contribution < 1.29 is 39.0 Å². The van der Waals surface area contributed by atoms with E-state index in [1.54, 1.807) is 30.3 Å². The van der Waals surface area contributed by atoms with Crippen molar-refractivity contribution in [3.63, 3.8) is 0 Å². The van der Waals surface area contributed by atoms with Gasteiger partial charge < -0.3 is 42.6 Å². The number of benzene rings is 1. The molecule has 0 bridgehead atoms. The van der Waals surface area contributed by atoms with Gasteiger partial charge in [0, 0.05) is 37.6 Å². The van der Waals surface area contributed by atoms with Crippen LogP contribution in [0.2, 0.25) is 0 Å². The Morgan fingerprint density at radius 1 is 0.825 bits per heavy atom. The number of carboxylic acid groups (broad SMARTS) is 2. The molecule has 10 N–H and O–H groups in total. The van der Waals surface area contributed by atoms with Gasteiger partial charge in [0.1, 0.15) is 18.1 Å². The van der Waals surface area contributed by atoms with Crippen LogP contribution in [0.3, 0.4) is 0 Å². The van der Waals surface area contributed by atoms with Crippen molar-refractivity contribution in [3.8, 4) is 0 Å². The van der Waals surface area contributed by atoms with E-state index in [2.05, 4.69) is 25.9 Å². The maximum Gasteiger partial charge on any atom is 0.326 e. The van der Waals surface area contributed by atoms with Crippen molar-refractivity contribution in [2.45, 2.75) is 62.7 Å². The van der Waals surface area contributed by atoms with Crippen LogP contribution in [-0.2, 0) is 41.6 Å². The first-order valence-corrected chi connectivity index (χ1v) is 12.4. The Balaban J connectivity index is 2.22. The number of H-pyrrole nitrogens is 1. The van der Waals surface area contributed by atoms with E-state index in [0.717, 1.165) is 0 Å². The maximum absolute atomic E-state index is 13.2. The Hall–Kier alpha value is -4.79. The molecule has 40 heavy (non-hydrogen) atoms. The molecule has 0 aliphatic heterocycles. The largest absolute Gasteiger partial charge is 0.481 e. The third kappa shape index (κ3) is 10.9. The number of hydrogen-bond donors (Lipinski definition) is 8. The number of hydrogen-bond acceptors (Lipinski definition) is 8. The van der Waals surface area contributed by atoms with Crippen LogP contribution in [0.25, 0.3) is 0 Å². The molecule has 0 saturated heterocycles. The summed E-state index contributed by atoms with van der Waals surface area (Å²) in [7, 11) is 0. The van der Waals surface area contributed by atoms with E-state index in [4.69, 9.17) is 16.6 Å². The Morgan fingerprint density at radius 2 is 1.45 bits per heavy atom. The monoisotopic (exact) mass is 559 g/mol. The Morgan fingerprint density at radius 3 is 2.02 bits per heavy atom. The number of nitrogens with one attached hydrogen (secondary N) is 4. The summed E-state index contributed by atoms with van der Waals surface area (Å²) in [6.07, 6.45) is 1.54. The first-order chi connectivity index (χ1) is 19.0. The molecule has 4 unspecified atom stereocenters. The quantitative estimate of drug-likeness (QED) is 0.108. The minimum absolute atomic E-state index is 0.0352. The lowest BCUT2D eigenvalue weighted by atomic mass is 10.0. The van der Waals surface area contributed by atoms with Crippen LogP contribution in [0.4, 0.5) is 0 Å². The molecule has 1 aromatic heterocycles. The standard InChI is InChI=1S/C25H33N7O8/c26-16(6-8-20(27)33)22(36)30-17(7-9-21(34)35)23(37)31-18(10-14-4-2-1-3-5-14)24(38)32-19(25(39)40)11-15-12-28-13-29-15/h1-5,12-13,16-19H,6-11,26H2,(H2,27,33)(H,28,29)(H,30,36)(H,31,37)(H,32,38)(H,34,35)(H,39,40). The summed E-state index contributed by atoms with van der Waals surface area (Å²) < 4.78 is 0. The van der Waals surface area contributed by atoms with Gasteiger partial charge in [-0.2, -0.15) is 0 Å². The zero-order valence-electron chi connectivity index (χ0n) is 21.5. The molecular weight excluding hydrogens is 526 g/mol. The number of primary amides is 1. The van der Waals surface area contributed by atoms with Crippen molar-refractivity contribution >= 4 is 35.6 Å². The summed E-state index contributed by atoms with van der Waals surface area (Å²) in [6.45, 7) is 0. The molecule has 0 spiro atoms. The third-order valence-electron chi connectivity index (χ3n) is 5.83. The molecule has 1 aromatic carbocycles. The van der Waals surface area contributed by atoms with Crippen molar-refractivity contribution in [3.05, 3.63) is 54.1 Å². The second-order valence-electron chi connectivity index (χ2n) is 9.04. The van der Waals surface area contributed by atoms with Gasteiger partial charge in [0.15, 0.2) is 0 Å². The minimum Gasteiger partial charge on any atom is -0.481 e. The number of carboxylic acids is 2. The Labute approximate surface area is 229 Å². The Kier molecular flexibility index (Phi) is 12.2. The Bertz CT molecular complexity index is 1170. The lowest BCUT2D eigenvalue weighted by molar-refractivity contribution is -0.142. The second kappa shape index (κ2) is 15.6. The van der Waals surface area contributed by atoms with E-state index in [1.165, 1.54) is 12.5 Å². The van der Waals surface area contributed by atoms with Gasteiger partial charge in [-0.15, -0.1) is 0 Å². The number of aliphatic carboxylic acids is 2. The average Bonchev–Trinajstić information content (AvgIpc) is 3.42. The van der Waals surface area contributed by atoms with Crippen LogP contribution in [-0.4, -0.2) is 79.9 Å². The van der Waals surface area contributed by atoms with E-state index in [-0.39, 0.29) is 32.1 Å². The van der Waals surface area contributed by atoms with Gasteiger partial charge in [0.2, 0.25) is 23.6 Å². The molecule has 2 rings (SSSR count). The van der Waals surface area contributed by atoms with Gasteiger partial charge in [0.05, 0.1) is 12.4 Å². The fraction of sp³-hybridized carbons (Fsp3) is 0.400. The van der Waals surface area contributed by atoms with Crippen molar-refractivity contribution in [1.29, 1.82) is 0 Å². The molecule has 0 aliphatic rings. The number of rotatable bonds is 17. The van der Waals surface area contributed by atoms with Gasteiger partial charge in [-0.3, -0.25) is 24.0 Å². The van der Waals surface area contributed by atoms with E-state index >= 15 is 0 Å². The predicted molar refractivity (Wildman–Crippen MR) is 139 cm³/mol. The highest BCUT2D eigenvalue weighted by Crippen LogP contribution is 2.08. The third-order valence-corrected chi connectivity index (χ3v) is 5.83. The number of carbonyl (C=O) groups excluding carboxylic acids is 4. The summed E-state index contributed by atoms with van der Waals surface area (Å²) in [5, 5.41) is 26.0. The molecule has 15 nitrogen and oxygen atoms in total. The first kappa shape index (κ1) is 31.4. The fourth-order valence-electron chi connectivity index (χ4n) is 3.66. The number of nitrogens with two attached hydrogens (primary N) is 2. The van der Waals surface area contributed by atoms with Crippen molar-refractivity contribution in [1.82, 2.24) is 25.9 Å². The molecule has 2 aromatic rings. The number of carbonyl (C=O) groups is 6. The van der Waals surface area contributed by atoms with Crippen LogP contribution in [0, 0.1) is 0 Å². The van der Waals surface area contributed by atoms with Gasteiger partial charge >= 0.3 is 11.9 Å². The topological polar surface area (TPSA) is 260 Å². The highest BCUT2D eigenvalue weighted by atomic mass is 16.4. The zero-order valence-corrected chi connectivity index (χ0v) is 21.5. The molecule has 1 heterocycles. The minimum atomic E-state index is -1.39. The van der Waals surface area contributed by atoms with Gasteiger partial charge in [-0.1, -0.05) is 30.3 Å². The van der Waals surface area contributed by atoms with Crippen LogP contribution in [0.1, 0.15) is 36.9 Å². The molecule has 4 amide bonds. The van der Waals surface area contributed by atoms with Crippen LogP contribution in [0.5, 0.6) is 0 Å². The summed E-state index contributed by atoms with van der Waals surface area (Å²) in [6, 6.07) is 3.35. The second-order valence-corrected chi connectivity index (χ2v) is 9.04. The summed E-state index contributed by atoms with van der Waals surface area (Å²) in [4.78, 5) is 79.6. The lowest BCUT2D eigenvalue weighted by Gasteiger charge is -2.25. The lowest BCUT2D eigenvalue weighted by Crippen LogP contribution is -2.58. The SMILES string of the molecule is NC(=O)CCC(N)C(=O)NC(CCC(=O)O)C(=O)NC(Cc1ccccc1)C(=O)NC(Cc1cnc[nH]1)C(=O)O. The molecule has 0 aliphatic carbocycles. The fourth-order valence-corrected chi connectivity index (χ4v) is 3.66. The number of aromatic nitrogens is 2. The highest BCUT2D eigenvalue weighted by molar-refractivity contribution is 5.94. The highest BCUT2D eigenvalue weighted by Gasteiger charge is 2.31. The van der Waals surface area contributed by atoms with Crippen molar-refractivity contribution in [2.75, 3.05) is 0 Å². The van der Waals surface area contributed by atoms with Crippen LogP contribution >= 0.6 is 0 Å². The van der Waals surface area contributed by atoms with Crippen LogP contribution < -0.4 is 27.4 Å². The number of aromatic amines is 1. The molecule has 216 valence electrons. The molecule has 4 atom stereocenters. The van der Waals surface area contributed by atoms with E-state index in [1.807, 2.05) is 0 Å². The molecule has 15 heteroatoms. The first-order valence-electron chi connectivity index (χ1n) is 12.4. The smallest absolute Gasteiger partial charge is 0.326 e. The van der Waals surface area contributed by atoms with E-state index in [0.29, 0.717) is 11.3 Å². The summed E-state index contributed by atoms with van der Waals surface area (Å²) >= 11 is 0. The van der Waals surface area contributed by atoms with Gasteiger partial charge in [0.25, 0.3) is 0 Å². The predicted octanol–water partition coefficient (Wildman–Crippen LogP) is -1.81. The summed E-state index contributed by atoms with van der Waals surface area (Å²) in [5.41, 5.74) is 11.9. The number of amides is 4. The summed E-state index contributed by atoms with van der Waals surface area (Å²) in [5.74, 6) is -5.73. The molecule has 0 fully saturated rings. The van der Waals surface area contributed by atoms with Crippen molar-refractivity contribution in [2.24, 2.45) is 11.5 Å². The normalized spacial score (nSPS) is 13.7. The zero-order chi connectivity index (χ0) is 29.7. The van der Waals surface area contributed by atoms with Gasteiger partial charge in [-0.25, -0.2) is 9.78 Å². The van der Waals surface area contributed by atoms with Gasteiger partial charge in [-0.05, 0) is 18.4 Å². The average molecular weight is 560 g/mol. The maximum atomic E-state index is 13.2. The molecule has 0 radical (unpaired) electrons. The van der Waals surface area contributed by atoms with Crippen LogP contribution in [0.15, 0.2) is 42.9 Å². The van der Waals surface area contributed by atoms with E-state index in [9.17, 15) is 33.9 Å². The van der Waals surface area contributed by atoms with E-state index < -0.39 is 66.2 Å². The number of imidazole rings is 1. The number of nitrogens with zero attached hydrogens (tertiary/aromatic N) is 1. The molecule has 0 saturated carbocycles.